The van der Waals surface area contributed by atoms with Crippen molar-refractivity contribution in [1.29, 1.82) is 0 Å². The van der Waals surface area contributed by atoms with Gasteiger partial charge >= 0.3 is 6.09 Å². The SMILES string of the molecule is CCN1CC(CS)OC1=O. The third kappa shape index (κ3) is 1.37. The van der Waals surface area contributed by atoms with Crippen molar-refractivity contribution in [2.45, 2.75) is 13.0 Å². The molecule has 0 aromatic heterocycles. The number of carbonyl (C=O) groups is 1. The third-order valence-electron chi connectivity index (χ3n) is 1.54. The number of amides is 1. The molecule has 0 spiro atoms. The number of cyclic esters (lactones) is 1. The number of rotatable bonds is 2. The standard InChI is InChI=1S/C6H11NO2S/c1-2-7-3-5(4-10)9-6(7)8/h5,10H,2-4H2,1H3. The predicted molar refractivity (Wildman–Crippen MR) is 41.4 cm³/mol. The summed E-state index contributed by atoms with van der Waals surface area (Å²) >= 11 is 4.03. The average Bonchev–Trinajstić information content (AvgIpc) is 2.30. The highest BCUT2D eigenvalue weighted by Gasteiger charge is 2.28. The number of carbonyl (C=O) groups excluding carboxylic acids is 1. The van der Waals surface area contributed by atoms with E-state index in [9.17, 15) is 4.79 Å². The molecule has 1 rings (SSSR count). The zero-order chi connectivity index (χ0) is 7.56. The van der Waals surface area contributed by atoms with E-state index in [1.165, 1.54) is 0 Å². The van der Waals surface area contributed by atoms with Gasteiger partial charge in [-0.25, -0.2) is 4.79 Å². The van der Waals surface area contributed by atoms with Crippen LogP contribution in [0.15, 0.2) is 0 Å². The van der Waals surface area contributed by atoms with Gasteiger partial charge in [0, 0.05) is 12.3 Å². The molecule has 1 fully saturated rings. The minimum atomic E-state index is -0.207. The fourth-order valence-electron chi connectivity index (χ4n) is 0.928. The summed E-state index contributed by atoms with van der Waals surface area (Å²) in [5, 5.41) is 0. The van der Waals surface area contributed by atoms with Crippen molar-refractivity contribution >= 4 is 18.7 Å². The molecule has 0 saturated carbocycles. The van der Waals surface area contributed by atoms with Gasteiger partial charge in [-0.1, -0.05) is 0 Å². The summed E-state index contributed by atoms with van der Waals surface area (Å²) < 4.78 is 4.92. The maximum absolute atomic E-state index is 10.8. The topological polar surface area (TPSA) is 29.5 Å². The molecule has 3 nitrogen and oxygen atoms in total. The molecule has 1 heterocycles. The molecule has 10 heavy (non-hydrogen) atoms. The number of ether oxygens (including phenoxy) is 1. The van der Waals surface area contributed by atoms with Gasteiger partial charge in [0.05, 0.1) is 6.54 Å². The van der Waals surface area contributed by atoms with Gasteiger partial charge < -0.3 is 9.64 Å². The Bertz CT molecular complexity index is 140. The quantitative estimate of drug-likeness (QED) is 0.606. The zero-order valence-electron chi connectivity index (χ0n) is 5.91. The van der Waals surface area contributed by atoms with Gasteiger partial charge in [0.1, 0.15) is 6.10 Å². The number of nitrogens with zero attached hydrogens (tertiary/aromatic N) is 1. The first-order chi connectivity index (χ1) is 4.77. The lowest BCUT2D eigenvalue weighted by molar-refractivity contribution is 0.140. The van der Waals surface area contributed by atoms with Gasteiger partial charge in [-0.15, -0.1) is 0 Å². The van der Waals surface area contributed by atoms with Crippen LogP contribution in [0.3, 0.4) is 0 Å². The van der Waals surface area contributed by atoms with E-state index in [0.29, 0.717) is 12.3 Å². The van der Waals surface area contributed by atoms with Crippen LogP contribution >= 0.6 is 12.6 Å². The maximum Gasteiger partial charge on any atom is 0.410 e. The van der Waals surface area contributed by atoms with Gasteiger partial charge in [0.15, 0.2) is 0 Å². The lowest BCUT2D eigenvalue weighted by Crippen LogP contribution is -2.24. The molecule has 0 aliphatic carbocycles. The summed E-state index contributed by atoms with van der Waals surface area (Å²) in [6.45, 7) is 3.35. The molecule has 1 amide bonds. The minimum absolute atomic E-state index is 0.00390. The van der Waals surface area contributed by atoms with Crippen LogP contribution in [-0.4, -0.2) is 35.9 Å². The average molecular weight is 161 g/mol. The van der Waals surface area contributed by atoms with Crippen molar-refractivity contribution in [3.63, 3.8) is 0 Å². The van der Waals surface area contributed by atoms with Crippen LogP contribution < -0.4 is 0 Å². The highest BCUT2D eigenvalue weighted by Crippen LogP contribution is 2.10. The Morgan fingerprint density at radius 1 is 1.90 bits per heavy atom. The van der Waals surface area contributed by atoms with E-state index >= 15 is 0 Å². The van der Waals surface area contributed by atoms with E-state index in [2.05, 4.69) is 12.6 Å². The zero-order valence-corrected chi connectivity index (χ0v) is 6.80. The van der Waals surface area contributed by atoms with Crippen LogP contribution in [0.1, 0.15) is 6.92 Å². The van der Waals surface area contributed by atoms with E-state index in [-0.39, 0.29) is 12.2 Å². The molecular weight excluding hydrogens is 150 g/mol. The molecule has 1 aliphatic heterocycles. The molecule has 0 bridgehead atoms. The second kappa shape index (κ2) is 3.14. The van der Waals surface area contributed by atoms with E-state index < -0.39 is 0 Å². The number of hydrogen-bond donors (Lipinski definition) is 1. The van der Waals surface area contributed by atoms with Crippen LogP contribution in [0, 0.1) is 0 Å². The van der Waals surface area contributed by atoms with Gasteiger partial charge in [-0.2, -0.15) is 12.6 Å². The normalized spacial score (nSPS) is 25.2. The first-order valence-corrected chi connectivity index (χ1v) is 3.97. The predicted octanol–water partition coefficient (Wildman–Crippen LogP) is 0.757. The Morgan fingerprint density at radius 3 is 2.90 bits per heavy atom. The smallest absolute Gasteiger partial charge is 0.410 e. The maximum atomic E-state index is 10.8. The van der Waals surface area contributed by atoms with Gasteiger partial charge in [-0.05, 0) is 6.92 Å². The Balaban J connectivity index is 2.44. The van der Waals surface area contributed by atoms with Gasteiger partial charge in [0.2, 0.25) is 0 Å². The summed E-state index contributed by atoms with van der Waals surface area (Å²) in [6, 6.07) is 0. The van der Waals surface area contributed by atoms with Crippen molar-refractivity contribution in [1.82, 2.24) is 4.90 Å². The molecule has 1 atom stereocenters. The molecule has 1 saturated heterocycles. The Morgan fingerprint density at radius 2 is 2.60 bits per heavy atom. The Kier molecular flexibility index (Phi) is 2.43. The molecule has 58 valence electrons. The Labute approximate surface area is 65.7 Å². The highest BCUT2D eigenvalue weighted by atomic mass is 32.1. The summed E-state index contributed by atoms with van der Waals surface area (Å²) in [5.41, 5.74) is 0. The van der Waals surface area contributed by atoms with Crippen molar-refractivity contribution in [2.24, 2.45) is 0 Å². The van der Waals surface area contributed by atoms with E-state index in [0.717, 1.165) is 6.54 Å². The van der Waals surface area contributed by atoms with E-state index in [1.807, 2.05) is 6.92 Å². The summed E-state index contributed by atoms with van der Waals surface area (Å²) in [7, 11) is 0. The first kappa shape index (κ1) is 7.72. The summed E-state index contributed by atoms with van der Waals surface area (Å²) in [4.78, 5) is 12.5. The monoisotopic (exact) mass is 161 g/mol. The molecule has 0 aromatic rings. The summed E-state index contributed by atoms with van der Waals surface area (Å²) in [6.07, 6.45) is -0.211. The molecule has 1 unspecified atom stereocenters. The number of thiol groups is 1. The van der Waals surface area contributed by atoms with Crippen molar-refractivity contribution < 1.29 is 9.53 Å². The highest BCUT2D eigenvalue weighted by molar-refractivity contribution is 7.80. The summed E-state index contributed by atoms with van der Waals surface area (Å²) in [5.74, 6) is 0.613. The second-order valence-corrected chi connectivity index (χ2v) is 2.59. The molecular formula is C6H11NO2S. The number of hydrogen-bond acceptors (Lipinski definition) is 3. The van der Waals surface area contributed by atoms with E-state index in [4.69, 9.17) is 4.74 Å². The van der Waals surface area contributed by atoms with Gasteiger partial charge in [-0.3, -0.25) is 0 Å². The lowest BCUT2D eigenvalue weighted by Gasteiger charge is -2.06. The fraction of sp³-hybridized carbons (Fsp3) is 0.833. The van der Waals surface area contributed by atoms with Crippen LogP contribution in [0.2, 0.25) is 0 Å². The molecule has 0 N–H and O–H groups in total. The minimum Gasteiger partial charge on any atom is -0.443 e. The van der Waals surface area contributed by atoms with Crippen LogP contribution in [0.25, 0.3) is 0 Å². The first-order valence-electron chi connectivity index (χ1n) is 3.34. The van der Waals surface area contributed by atoms with Gasteiger partial charge in [0.25, 0.3) is 0 Å². The van der Waals surface area contributed by atoms with Crippen LogP contribution in [-0.2, 0) is 4.74 Å². The van der Waals surface area contributed by atoms with Crippen LogP contribution in [0.4, 0.5) is 4.79 Å². The molecule has 0 radical (unpaired) electrons. The van der Waals surface area contributed by atoms with Crippen LogP contribution in [0.5, 0.6) is 0 Å². The van der Waals surface area contributed by atoms with E-state index in [1.54, 1.807) is 4.90 Å². The molecule has 4 heteroatoms. The lowest BCUT2D eigenvalue weighted by atomic mass is 10.4. The largest absolute Gasteiger partial charge is 0.443 e. The van der Waals surface area contributed by atoms with Crippen molar-refractivity contribution in [2.75, 3.05) is 18.8 Å². The fourth-order valence-corrected chi connectivity index (χ4v) is 1.12. The van der Waals surface area contributed by atoms with Crippen molar-refractivity contribution in [3.8, 4) is 0 Å². The molecule has 0 aromatic carbocycles. The number of likely N-dealkylation sites (N-methyl/N-ethyl adjacent to an activating group) is 1. The Hall–Kier alpha value is -0.380. The molecule has 1 aliphatic rings. The second-order valence-electron chi connectivity index (χ2n) is 2.23. The van der Waals surface area contributed by atoms with Crippen molar-refractivity contribution in [3.05, 3.63) is 0 Å². The third-order valence-corrected chi connectivity index (χ3v) is 1.94.